The van der Waals surface area contributed by atoms with Crippen molar-refractivity contribution in [3.63, 3.8) is 0 Å². The maximum absolute atomic E-state index is 13.9. The Morgan fingerprint density at radius 2 is 1.69 bits per heavy atom. The van der Waals surface area contributed by atoms with Crippen molar-refractivity contribution in [2.45, 2.75) is 39.8 Å². The molecule has 8 heteroatoms. The molecule has 2 fully saturated rings. The molecule has 7 nitrogen and oxygen atoms in total. The average molecular weight is 491 g/mol. The predicted octanol–water partition coefficient (Wildman–Crippen LogP) is 4.90. The van der Waals surface area contributed by atoms with Crippen LogP contribution in [0.2, 0.25) is 0 Å². The minimum Gasteiger partial charge on any atom is -0.462 e. The molecule has 3 heterocycles. The van der Waals surface area contributed by atoms with Crippen molar-refractivity contribution in [1.82, 2.24) is 0 Å². The molecule has 3 atom stereocenters. The monoisotopic (exact) mass is 490 g/mol. The van der Waals surface area contributed by atoms with Gasteiger partial charge in [0.05, 0.1) is 23.9 Å². The van der Waals surface area contributed by atoms with Crippen LogP contribution in [0, 0.1) is 26.7 Å². The van der Waals surface area contributed by atoms with E-state index in [-0.39, 0.29) is 18.1 Å². The fourth-order valence-corrected chi connectivity index (χ4v) is 5.99. The summed E-state index contributed by atoms with van der Waals surface area (Å²) in [6.45, 7) is 7.55. The number of hydrogen-bond donors (Lipinski definition) is 0. The lowest BCUT2D eigenvalue weighted by atomic mass is 9.90. The number of hydroxylamine groups is 1. The van der Waals surface area contributed by atoms with Crippen molar-refractivity contribution in [1.29, 1.82) is 0 Å². The third kappa shape index (κ3) is 3.64. The van der Waals surface area contributed by atoms with Crippen molar-refractivity contribution < 1.29 is 24.0 Å². The molecule has 2 aliphatic rings. The minimum absolute atomic E-state index is 0.199. The Kier molecular flexibility index (Phi) is 5.94. The van der Waals surface area contributed by atoms with Crippen LogP contribution >= 0.6 is 11.3 Å². The summed E-state index contributed by atoms with van der Waals surface area (Å²) in [5.41, 5.74) is 3.62. The lowest BCUT2D eigenvalue weighted by Gasteiger charge is -2.29. The molecule has 1 aromatic heterocycles. The molecule has 0 aliphatic carbocycles. The first-order chi connectivity index (χ1) is 16.8. The van der Waals surface area contributed by atoms with Gasteiger partial charge in [-0.05, 0) is 50.5 Å². The van der Waals surface area contributed by atoms with Crippen molar-refractivity contribution >= 4 is 39.8 Å². The standard InChI is InChI=1S/C27H26N2O5S/c1-5-33-27(32)20-16(3)17(4)35-26(20)28-24(30)21-22(18-12-7-6-8-13-18)29(34-23(21)25(28)31)19-14-10-9-11-15(19)2/h6-14,21-23H,5H2,1-4H3/t21-,22+,23+/m1/s1. The lowest BCUT2D eigenvalue weighted by Crippen LogP contribution is -2.38. The molecule has 0 radical (unpaired) electrons. The number of carbonyl (C=O) groups excluding carboxylic acids is 3. The van der Waals surface area contributed by atoms with Crippen molar-refractivity contribution in [3.8, 4) is 0 Å². The first-order valence-electron chi connectivity index (χ1n) is 11.6. The highest BCUT2D eigenvalue weighted by molar-refractivity contribution is 7.17. The molecule has 0 saturated carbocycles. The Morgan fingerprint density at radius 1 is 1.00 bits per heavy atom. The largest absolute Gasteiger partial charge is 0.462 e. The average Bonchev–Trinajstić information content (AvgIpc) is 3.45. The number of nitrogens with zero attached hydrogens (tertiary/aromatic N) is 2. The highest BCUT2D eigenvalue weighted by Gasteiger charge is 2.61. The van der Waals surface area contributed by atoms with Gasteiger partial charge in [0.1, 0.15) is 10.9 Å². The van der Waals surface area contributed by atoms with Gasteiger partial charge < -0.3 is 4.74 Å². The van der Waals surface area contributed by atoms with Gasteiger partial charge in [-0.1, -0.05) is 48.5 Å². The van der Waals surface area contributed by atoms with E-state index in [0.717, 1.165) is 26.6 Å². The Labute approximate surface area is 207 Å². The molecular formula is C27H26N2O5S. The summed E-state index contributed by atoms with van der Waals surface area (Å²) in [6.07, 6.45) is -0.995. The van der Waals surface area contributed by atoms with Crippen LogP contribution in [-0.4, -0.2) is 30.5 Å². The molecule has 180 valence electrons. The van der Waals surface area contributed by atoms with Gasteiger partial charge in [0.15, 0.2) is 6.10 Å². The summed E-state index contributed by atoms with van der Waals surface area (Å²) >= 11 is 1.25. The van der Waals surface area contributed by atoms with Crippen molar-refractivity contribution in [2.24, 2.45) is 5.92 Å². The Bertz CT molecular complexity index is 1320. The van der Waals surface area contributed by atoms with Crippen LogP contribution in [0.5, 0.6) is 0 Å². The zero-order chi connectivity index (χ0) is 24.9. The number of ether oxygens (including phenoxy) is 1. The Balaban J connectivity index is 1.60. The van der Waals surface area contributed by atoms with Gasteiger partial charge in [-0.2, -0.15) is 0 Å². The number of thiophene rings is 1. The Hall–Kier alpha value is -3.49. The molecule has 5 rings (SSSR count). The van der Waals surface area contributed by atoms with Gasteiger partial charge >= 0.3 is 5.97 Å². The molecular weight excluding hydrogens is 464 g/mol. The summed E-state index contributed by atoms with van der Waals surface area (Å²) in [5.74, 6) is -2.15. The van der Waals surface area contributed by atoms with Gasteiger partial charge in [0.2, 0.25) is 5.91 Å². The molecule has 0 spiro atoms. The van der Waals surface area contributed by atoms with E-state index in [1.807, 2.05) is 68.4 Å². The van der Waals surface area contributed by atoms with Crippen LogP contribution in [0.4, 0.5) is 10.7 Å². The summed E-state index contributed by atoms with van der Waals surface area (Å²) in [5, 5.41) is 2.00. The fourth-order valence-electron chi connectivity index (χ4n) is 4.83. The normalized spacial score (nSPS) is 21.5. The van der Waals surface area contributed by atoms with Crippen LogP contribution in [0.3, 0.4) is 0 Å². The van der Waals surface area contributed by atoms with Crippen LogP contribution in [0.1, 0.15) is 44.9 Å². The van der Waals surface area contributed by atoms with Gasteiger partial charge in [0, 0.05) is 4.88 Å². The topological polar surface area (TPSA) is 76.2 Å². The molecule has 0 bridgehead atoms. The molecule has 35 heavy (non-hydrogen) atoms. The fraction of sp³-hybridized carbons (Fsp3) is 0.296. The first kappa shape index (κ1) is 23.3. The molecule has 2 saturated heterocycles. The number of para-hydroxylation sites is 1. The summed E-state index contributed by atoms with van der Waals surface area (Å²) in [4.78, 5) is 48.7. The number of hydrogen-bond acceptors (Lipinski definition) is 7. The van der Waals surface area contributed by atoms with Gasteiger partial charge in [-0.25, -0.2) is 14.8 Å². The number of anilines is 2. The van der Waals surface area contributed by atoms with E-state index < -0.39 is 29.9 Å². The number of imide groups is 1. The SMILES string of the molecule is CCOC(=O)c1c(N2C(=O)[C@H]3[C@H](ON(c4ccccc4C)[C@H]3c3ccccc3)C2=O)sc(C)c1C. The number of benzene rings is 2. The number of esters is 1. The lowest BCUT2D eigenvalue weighted by molar-refractivity contribution is -0.126. The minimum atomic E-state index is -0.995. The second-order valence-electron chi connectivity index (χ2n) is 8.72. The number of amides is 2. The van der Waals surface area contributed by atoms with Gasteiger partial charge in [-0.15, -0.1) is 11.3 Å². The maximum Gasteiger partial charge on any atom is 0.341 e. The van der Waals surface area contributed by atoms with Crippen LogP contribution < -0.4 is 9.96 Å². The second kappa shape index (κ2) is 8.94. The highest BCUT2D eigenvalue weighted by atomic mass is 32.1. The summed E-state index contributed by atoms with van der Waals surface area (Å²) < 4.78 is 5.24. The van der Waals surface area contributed by atoms with Gasteiger partial charge in [0.25, 0.3) is 5.91 Å². The van der Waals surface area contributed by atoms with E-state index in [9.17, 15) is 14.4 Å². The molecule has 3 aromatic rings. The molecule has 0 N–H and O–H groups in total. The van der Waals surface area contributed by atoms with Crippen molar-refractivity contribution in [3.05, 3.63) is 81.7 Å². The smallest absolute Gasteiger partial charge is 0.341 e. The van der Waals surface area contributed by atoms with Crippen molar-refractivity contribution in [2.75, 3.05) is 16.6 Å². The molecule has 2 amide bonds. The number of carbonyl (C=O) groups is 3. The number of fused-ring (bicyclic) bond motifs is 1. The van der Waals surface area contributed by atoms with Gasteiger partial charge in [-0.3, -0.25) is 14.4 Å². The third-order valence-electron chi connectivity index (χ3n) is 6.66. The summed E-state index contributed by atoms with van der Waals surface area (Å²) in [7, 11) is 0. The molecule has 2 aromatic carbocycles. The van der Waals surface area contributed by atoms with E-state index in [1.54, 1.807) is 18.9 Å². The van der Waals surface area contributed by atoms with E-state index in [2.05, 4.69) is 0 Å². The second-order valence-corrected chi connectivity index (χ2v) is 9.92. The first-order valence-corrected chi connectivity index (χ1v) is 12.4. The third-order valence-corrected chi connectivity index (χ3v) is 7.85. The predicted molar refractivity (Wildman–Crippen MR) is 133 cm³/mol. The van der Waals surface area contributed by atoms with Crippen LogP contribution in [0.25, 0.3) is 0 Å². The van der Waals surface area contributed by atoms with E-state index >= 15 is 0 Å². The number of aryl methyl sites for hydroxylation is 2. The van der Waals surface area contributed by atoms with Crippen LogP contribution in [0.15, 0.2) is 54.6 Å². The maximum atomic E-state index is 13.9. The number of rotatable bonds is 5. The molecule has 0 unspecified atom stereocenters. The zero-order valence-corrected chi connectivity index (χ0v) is 20.8. The quantitative estimate of drug-likeness (QED) is 0.374. The summed E-state index contributed by atoms with van der Waals surface area (Å²) in [6, 6.07) is 16.8. The Morgan fingerprint density at radius 3 is 2.37 bits per heavy atom. The highest BCUT2D eigenvalue weighted by Crippen LogP contribution is 2.50. The molecule has 2 aliphatic heterocycles. The van der Waals surface area contributed by atoms with Crippen LogP contribution in [-0.2, 0) is 19.2 Å². The zero-order valence-electron chi connectivity index (χ0n) is 20.0. The van der Waals surface area contributed by atoms with E-state index in [1.165, 1.54) is 11.3 Å². The van der Waals surface area contributed by atoms with E-state index in [0.29, 0.717) is 10.6 Å². The van der Waals surface area contributed by atoms with E-state index in [4.69, 9.17) is 9.57 Å².